The normalized spacial score (nSPS) is 11.2. The molecule has 0 saturated carbocycles. The molecule has 1 heterocycles. The highest BCUT2D eigenvalue weighted by molar-refractivity contribution is 7.25. The van der Waals surface area contributed by atoms with E-state index >= 15 is 0 Å². The van der Waals surface area contributed by atoms with Crippen LogP contribution < -0.4 is 4.90 Å². The molecule has 0 spiro atoms. The number of thiophene rings is 1. The van der Waals surface area contributed by atoms with Crippen LogP contribution in [0.4, 0.5) is 17.1 Å². The van der Waals surface area contributed by atoms with Gasteiger partial charge in [-0.1, -0.05) is 146 Å². The van der Waals surface area contributed by atoms with Crippen molar-refractivity contribution in [3.05, 3.63) is 200 Å². The third kappa shape index (κ3) is 5.77. The van der Waals surface area contributed by atoms with Crippen molar-refractivity contribution in [2.75, 3.05) is 4.90 Å². The van der Waals surface area contributed by atoms with E-state index in [0.29, 0.717) is 0 Å². The smallest absolute Gasteiger partial charge is 0.0467 e. The SMILES string of the molecule is c1ccc(-c2cccc(N(c3ccc(-c4cccc(-c5ccc6c(c5)sc5ccccc56)c4)cc3)c3cccc(-c4ccccc4)c3)c2)cc1. The molecule has 8 aromatic carbocycles. The van der Waals surface area contributed by atoms with Gasteiger partial charge in [0.1, 0.15) is 0 Å². The number of nitrogens with zero attached hydrogens (tertiary/aromatic N) is 1. The van der Waals surface area contributed by atoms with Gasteiger partial charge in [0, 0.05) is 37.2 Å². The zero-order valence-electron chi connectivity index (χ0n) is 27.4. The Morgan fingerprint density at radius 1 is 0.260 bits per heavy atom. The number of hydrogen-bond donors (Lipinski definition) is 0. The van der Waals surface area contributed by atoms with E-state index in [4.69, 9.17) is 0 Å². The van der Waals surface area contributed by atoms with Gasteiger partial charge >= 0.3 is 0 Å². The Bertz CT molecular complexity index is 2500. The van der Waals surface area contributed by atoms with Crippen LogP contribution in [0.1, 0.15) is 0 Å². The lowest BCUT2D eigenvalue weighted by Gasteiger charge is -2.27. The van der Waals surface area contributed by atoms with Crippen LogP contribution in [-0.2, 0) is 0 Å². The second-order valence-electron chi connectivity index (χ2n) is 12.6. The summed E-state index contributed by atoms with van der Waals surface area (Å²) < 4.78 is 2.66. The van der Waals surface area contributed by atoms with Gasteiger partial charge in [0.15, 0.2) is 0 Å². The number of hydrogen-bond acceptors (Lipinski definition) is 2. The number of rotatable bonds is 7. The standard InChI is InChI=1S/C48H33NS/c1-3-12-34(13-4-1)39-18-10-20-43(31-39)49(44-21-11-19-40(32-44)35-14-5-2-6-15-35)42-27-24-36(25-28-42)37-16-9-17-38(30-37)41-26-29-46-45-22-7-8-23-47(45)50-48(46)33-41/h1-33H. The van der Waals surface area contributed by atoms with Crippen molar-refractivity contribution in [2.45, 2.75) is 0 Å². The largest absolute Gasteiger partial charge is 0.310 e. The van der Waals surface area contributed by atoms with Gasteiger partial charge in [-0.2, -0.15) is 0 Å². The van der Waals surface area contributed by atoms with Gasteiger partial charge < -0.3 is 4.90 Å². The van der Waals surface area contributed by atoms with Crippen molar-refractivity contribution in [3.8, 4) is 44.5 Å². The molecule has 2 heteroatoms. The summed E-state index contributed by atoms with van der Waals surface area (Å²) in [7, 11) is 0. The third-order valence-electron chi connectivity index (χ3n) is 9.46. The molecule has 0 atom stereocenters. The van der Waals surface area contributed by atoms with Gasteiger partial charge in [0.2, 0.25) is 0 Å². The van der Waals surface area contributed by atoms with Gasteiger partial charge in [-0.15, -0.1) is 11.3 Å². The number of fused-ring (bicyclic) bond motifs is 3. The van der Waals surface area contributed by atoms with Crippen LogP contribution in [0, 0.1) is 0 Å². The van der Waals surface area contributed by atoms with Crippen LogP contribution in [0.5, 0.6) is 0 Å². The molecule has 236 valence electrons. The Morgan fingerprint density at radius 3 is 1.34 bits per heavy atom. The third-order valence-corrected chi connectivity index (χ3v) is 10.6. The molecular weight excluding hydrogens is 623 g/mol. The van der Waals surface area contributed by atoms with Crippen LogP contribution >= 0.6 is 11.3 Å². The van der Waals surface area contributed by atoms with Gasteiger partial charge in [-0.25, -0.2) is 0 Å². The number of benzene rings is 8. The fourth-order valence-corrected chi connectivity index (χ4v) is 8.09. The van der Waals surface area contributed by atoms with Crippen molar-refractivity contribution in [3.63, 3.8) is 0 Å². The van der Waals surface area contributed by atoms with Gasteiger partial charge in [-0.05, 0) is 99.1 Å². The quantitative estimate of drug-likeness (QED) is 0.165. The topological polar surface area (TPSA) is 3.24 Å². The molecular formula is C48H33NS. The minimum absolute atomic E-state index is 1.11. The van der Waals surface area contributed by atoms with E-state index in [2.05, 4.69) is 205 Å². The summed E-state index contributed by atoms with van der Waals surface area (Å²) in [5.41, 5.74) is 13.0. The van der Waals surface area contributed by atoms with E-state index in [0.717, 1.165) is 17.1 Å². The molecule has 0 unspecified atom stereocenters. The Kier molecular flexibility index (Phi) is 7.77. The van der Waals surface area contributed by atoms with E-state index in [1.54, 1.807) is 0 Å². The molecule has 9 rings (SSSR count). The summed E-state index contributed by atoms with van der Waals surface area (Å²) in [4.78, 5) is 2.36. The fraction of sp³-hybridized carbons (Fsp3) is 0. The Balaban J connectivity index is 1.09. The van der Waals surface area contributed by atoms with Crippen molar-refractivity contribution in [2.24, 2.45) is 0 Å². The van der Waals surface area contributed by atoms with Crippen LogP contribution in [0.15, 0.2) is 200 Å². The van der Waals surface area contributed by atoms with E-state index < -0.39 is 0 Å². The first kappa shape index (κ1) is 29.9. The summed E-state index contributed by atoms with van der Waals surface area (Å²) in [5, 5.41) is 2.66. The minimum Gasteiger partial charge on any atom is -0.310 e. The molecule has 0 aliphatic carbocycles. The Hall–Kier alpha value is -6.22. The monoisotopic (exact) mass is 655 g/mol. The van der Waals surface area contributed by atoms with Crippen LogP contribution in [0.3, 0.4) is 0 Å². The second kappa shape index (κ2) is 13.0. The predicted molar refractivity (Wildman–Crippen MR) is 216 cm³/mol. The maximum atomic E-state index is 2.36. The van der Waals surface area contributed by atoms with Crippen LogP contribution in [0.25, 0.3) is 64.7 Å². The summed E-state index contributed by atoms with van der Waals surface area (Å²) in [6, 6.07) is 72.3. The average Bonchev–Trinajstić information content (AvgIpc) is 3.57. The lowest BCUT2D eigenvalue weighted by atomic mass is 9.98. The lowest BCUT2D eigenvalue weighted by molar-refractivity contribution is 1.28. The molecule has 1 nitrogen and oxygen atoms in total. The Labute approximate surface area is 297 Å². The zero-order chi connectivity index (χ0) is 33.3. The van der Waals surface area contributed by atoms with Crippen molar-refractivity contribution in [1.29, 1.82) is 0 Å². The van der Waals surface area contributed by atoms with E-state index in [1.165, 1.54) is 64.7 Å². The lowest BCUT2D eigenvalue weighted by Crippen LogP contribution is -2.10. The Morgan fingerprint density at radius 2 is 0.700 bits per heavy atom. The molecule has 0 fully saturated rings. The van der Waals surface area contributed by atoms with E-state index in [-0.39, 0.29) is 0 Å². The molecule has 1 aromatic heterocycles. The summed E-state index contributed by atoms with van der Waals surface area (Å²) in [5.74, 6) is 0. The highest BCUT2D eigenvalue weighted by Gasteiger charge is 2.15. The van der Waals surface area contributed by atoms with E-state index in [1.807, 2.05) is 11.3 Å². The molecule has 0 aliphatic rings. The van der Waals surface area contributed by atoms with Gasteiger partial charge in [-0.3, -0.25) is 0 Å². The first-order chi connectivity index (χ1) is 24.8. The molecule has 0 aliphatic heterocycles. The van der Waals surface area contributed by atoms with Crippen LogP contribution in [0.2, 0.25) is 0 Å². The van der Waals surface area contributed by atoms with Gasteiger partial charge in [0.05, 0.1) is 0 Å². The molecule has 0 N–H and O–H groups in total. The summed E-state index contributed by atoms with van der Waals surface area (Å²) >= 11 is 1.87. The average molecular weight is 656 g/mol. The fourth-order valence-electron chi connectivity index (χ4n) is 6.94. The summed E-state index contributed by atoms with van der Waals surface area (Å²) in [6.07, 6.45) is 0. The molecule has 0 bridgehead atoms. The predicted octanol–water partition coefficient (Wildman–Crippen LogP) is 14.2. The zero-order valence-corrected chi connectivity index (χ0v) is 28.2. The molecule has 50 heavy (non-hydrogen) atoms. The first-order valence-corrected chi connectivity index (χ1v) is 17.8. The molecule has 0 saturated heterocycles. The van der Waals surface area contributed by atoms with Crippen molar-refractivity contribution < 1.29 is 0 Å². The molecule has 0 radical (unpaired) electrons. The van der Waals surface area contributed by atoms with Crippen LogP contribution in [-0.4, -0.2) is 0 Å². The summed E-state index contributed by atoms with van der Waals surface area (Å²) in [6.45, 7) is 0. The van der Waals surface area contributed by atoms with E-state index in [9.17, 15) is 0 Å². The molecule has 9 aromatic rings. The van der Waals surface area contributed by atoms with Crippen molar-refractivity contribution >= 4 is 48.6 Å². The van der Waals surface area contributed by atoms with Crippen molar-refractivity contribution in [1.82, 2.24) is 0 Å². The minimum atomic E-state index is 1.11. The first-order valence-electron chi connectivity index (χ1n) is 17.0. The highest BCUT2D eigenvalue weighted by atomic mass is 32.1. The maximum absolute atomic E-state index is 2.36. The molecule has 0 amide bonds. The highest BCUT2D eigenvalue weighted by Crippen LogP contribution is 2.40. The second-order valence-corrected chi connectivity index (χ2v) is 13.7. The van der Waals surface area contributed by atoms with Gasteiger partial charge in [0.25, 0.3) is 0 Å². The maximum Gasteiger partial charge on any atom is 0.0467 e. The number of anilines is 3.